The number of aryl methyl sites for hydroxylation is 1. The summed E-state index contributed by atoms with van der Waals surface area (Å²) in [6, 6.07) is 16.6. The Morgan fingerprint density at radius 1 is 1.09 bits per heavy atom. The molecular weight excluding hydrogens is 465 g/mol. The van der Waals surface area contributed by atoms with E-state index in [4.69, 9.17) is 4.74 Å². The number of halogens is 1. The summed E-state index contributed by atoms with van der Waals surface area (Å²) in [6.07, 6.45) is 1.80. The van der Waals surface area contributed by atoms with Gasteiger partial charge in [0.05, 0.1) is 19.0 Å². The van der Waals surface area contributed by atoms with Crippen LogP contribution in [0.4, 0.5) is 4.39 Å². The lowest BCUT2D eigenvalue weighted by Crippen LogP contribution is -2.38. The molecular formula is C26H32FN5O2S. The van der Waals surface area contributed by atoms with Gasteiger partial charge in [-0.1, -0.05) is 42.1 Å². The Kier molecular flexibility index (Phi) is 9.28. The Morgan fingerprint density at radius 3 is 2.57 bits per heavy atom. The average Bonchev–Trinajstić information content (AvgIpc) is 3.29. The number of ether oxygens (including phenoxy) is 1. The van der Waals surface area contributed by atoms with Gasteiger partial charge >= 0.3 is 0 Å². The third-order valence-corrected chi connectivity index (χ3v) is 6.98. The largest absolute Gasteiger partial charge is 0.379 e. The van der Waals surface area contributed by atoms with Crippen LogP contribution in [-0.4, -0.2) is 70.2 Å². The van der Waals surface area contributed by atoms with E-state index in [1.165, 1.54) is 29.5 Å². The van der Waals surface area contributed by atoms with Crippen LogP contribution in [0.1, 0.15) is 18.9 Å². The van der Waals surface area contributed by atoms with Gasteiger partial charge in [-0.05, 0) is 49.6 Å². The fraction of sp³-hybridized carbons (Fsp3) is 0.423. The summed E-state index contributed by atoms with van der Waals surface area (Å²) in [6.45, 7) is 6.78. The van der Waals surface area contributed by atoms with Crippen LogP contribution in [0, 0.1) is 5.82 Å². The molecule has 3 aromatic rings. The van der Waals surface area contributed by atoms with Gasteiger partial charge in [-0.3, -0.25) is 9.69 Å². The molecule has 1 aliphatic rings. The van der Waals surface area contributed by atoms with Crippen LogP contribution in [0.3, 0.4) is 0 Å². The van der Waals surface area contributed by atoms with Gasteiger partial charge in [0.1, 0.15) is 5.82 Å². The summed E-state index contributed by atoms with van der Waals surface area (Å²) in [7, 11) is 0. The number of carbonyl (C=O) groups is 1. The number of rotatable bonds is 11. The topological polar surface area (TPSA) is 72.3 Å². The fourth-order valence-electron chi connectivity index (χ4n) is 4.02. The Hall–Kier alpha value is -2.75. The van der Waals surface area contributed by atoms with Crippen molar-refractivity contribution in [1.29, 1.82) is 0 Å². The van der Waals surface area contributed by atoms with Crippen molar-refractivity contribution >= 4 is 17.7 Å². The Bertz CT molecular complexity index is 1070. The van der Waals surface area contributed by atoms with Crippen molar-refractivity contribution < 1.29 is 13.9 Å². The van der Waals surface area contributed by atoms with Crippen molar-refractivity contribution in [1.82, 2.24) is 25.0 Å². The van der Waals surface area contributed by atoms with Crippen LogP contribution in [0.15, 0.2) is 59.8 Å². The first kappa shape index (κ1) is 25.3. The van der Waals surface area contributed by atoms with Crippen molar-refractivity contribution in [2.75, 3.05) is 38.6 Å². The first-order chi connectivity index (χ1) is 17.1. The lowest BCUT2D eigenvalue weighted by atomic mass is 10.1. The van der Waals surface area contributed by atoms with Crippen LogP contribution in [0.25, 0.3) is 11.4 Å². The second kappa shape index (κ2) is 12.8. The maximum Gasteiger partial charge on any atom is 0.230 e. The minimum Gasteiger partial charge on any atom is -0.379 e. The van der Waals surface area contributed by atoms with E-state index in [0.717, 1.165) is 51.3 Å². The number of amides is 1. The number of nitrogens with one attached hydrogen (secondary N) is 1. The number of morpholine rings is 1. The monoisotopic (exact) mass is 497 g/mol. The van der Waals surface area contributed by atoms with Gasteiger partial charge in [0.25, 0.3) is 0 Å². The van der Waals surface area contributed by atoms with Gasteiger partial charge in [-0.15, -0.1) is 10.2 Å². The van der Waals surface area contributed by atoms with E-state index in [1.807, 2.05) is 29.7 Å². The van der Waals surface area contributed by atoms with Crippen molar-refractivity contribution in [3.63, 3.8) is 0 Å². The smallest absolute Gasteiger partial charge is 0.230 e. The third kappa shape index (κ3) is 7.62. The SMILES string of the molecule is C[C@H](CCc1ccccc1)NC(=O)CSc1nnc(-c2ccc(F)cc2)n1CCN1CCOCC1. The molecule has 2 heterocycles. The zero-order chi connectivity index (χ0) is 24.5. The zero-order valence-corrected chi connectivity index (χ0v) is 20.8. The second-order valence-corrected chi connectivity index (χ2v) is 9.64. The van der Waals surface area contributed by atoms with E-state index in [2.05, 4.69) is 32.5 Å². The minimum absolute atomic E-state index is 0.0263. The summed E-state index contributed by atoms with van der Waals surface area (Å²) < 4.78 is 20.9. The Balaban J connectivity index is 1.36. The molecule has 9 heteroatoms. The van der Waals surface area contributed by atoms with Gasteiger partial charge < -0.3 is 14.6 Å². The molecule has 7 nitrogen and oxygen atoms in total. The van der Waals surface area contributed by atoms with Crippen LogP contribution in [0.2, 0.25) is 0 Å². The number of carbonyl (C=O) groups excluding carboxylic acids is 1. The Morgan fingerprint density at radius 2 is 1.83 bits per heavy atom. The number of hydrogen-bond acceptors (Lipinski definition) is 6. The second-order valence-electron chi connectivity index (χ2n) is 8.70. The van der Waals surface area contributed by atoms with Gasteiger partial charge in [-0.25, -0.2) is 4.39 Å². The first-order valence-electron chi connectivity index (χ1n) is 12.0. The predicted molar refractivity (Wildman–Crippen MR) is 136 cm³/mol. The number of benzene rings is 2. The highest BCUT2D eigenvalue weighted by Crippen LogP contribution is 2.24. The van der Waals surface area contributed by atoms with Gasteiger partial charge in [0.15, 0.2) is 11.0 Å². The van der Waals surface area contributed by atoms with E-state index in [9.17, 15) is 9.18 Å². The molecule has 0 unspecified atom stereocenters. The molecule has 35 heavy (non-hydrogen) atoms. The molecule has 0 aliphatic carbocycles. The summed E-state index contributed by atoms with van der Waals surface area (Å²) in [5.74, 6) is 0.620. The first-order valence-corrected chi connectivity index (χ1v) is 13.0. The molecule has 0 spiro atoms. The molecule has 1 aliphatic heterocycles. The molecule has 4 rings (SSSR count). The lowest BCUT2D eigenvalue weighted by molar-refractivity contribution is -0.119. The highest BCUT2D eigenvalue weighted by atomic mass is 32.2. The molecule has 0 bridgehead atoms. The van der Waals surface area contributed by atoms with Gasteiger partial charge in [-0.2, -0.15) is 0 Å². The number of hydrogen-bond donors (Lipinski definition) is 1. The standard InChI is InChI=1S/C26H32FN5O2S/c1-20(7-8-21-5-3-2-4-6-21)28-24(33)19-35-26-30-29-25(22-9-11-23(27)12-10-22)32(26)14-13-31-15-17-34-18-16-31/h2-6,9-12,20H,7-8,13-19H2,1H3,(H,28,33)/t20-/m1/s1. The molecule has 1 aromatic heterocycles. The maximum absolute atomic E-state index is 13.5. The number of thioether (sulfide) groups is 1. The highest BCUT2D eigenvalue weighted by molar-refractivity contribution is 7.99. The molecule has 1 N–H and O–H groups in total. The van der Waals surface area contributed by atoms with E-state index in [0.29, 0.717) is 17.5 Å². The molecule has 1 atom stereocenters. The highest BCUT2D eigenvalue weighted by Gasteiger charge is 2.18. The van der Waals surface area contributed by atoms with Crippen molar-refractivity contribution in [3.8, 4) is 11.4 Å². The molecule has 0 radical (unpaired) electrons. The van der Waals surface area contributed by atoms with E-state index < -0.39 is 0 Å². The minimum atomic E-state index is -0.291. The van der Waals surface area contributed by atoms with Gasteiger partial charge in [0.2, 0.25) is 5.91 Å². The summed E-state index contributed by atoms with van der Waals surface area (Å²) in [5, 5.41) is 12.5. The molecule has 186 valence electrons. The molecule has 1 fully saturated rings. The van der Waals surface area contributed by atoms with Crippen molar-refractivity contribution in [2.24, 2.45) is 0 Å². The predicted octanol–water partition coefficient (Wildman–Crippen LogP) is 3.65. The Labute approximate surface area is 210 Å². The third-order valence-electron chi connectivity index (χ3n) is 6.01. The van der Waals surface area contributed by atoms with Crippen LogP contribution < -0.4 is 5.32 Å². The lowest BCUT2D eigenvalue weighted by Gasteiger charge is -2.27. The van der Waals surface area contributed by atoms with Crippen molar-refractivity contribution in [3.05, 3.63) is 66.0 Å². The number of nitrogens with zero attached hydrogens (tertiary/aromatic N) is 4. The van der Waals surface area contributed by atoms with Crippen LogP contribution >= 0.6 is 11.8 Å². The summed E-state index contributed by atoms with van der Waals surface area (Å²) in [5.41, 5.74) is 2.07. The summed E-state index contributed by atoms with van der Waals surface area (Å²) in [4.78, 5) is 15.0. The zero-order valence-electron chi connectivity index (χ0n) is 20.0. The number of aromatic nitrogens is 3. The molecule has 2 aromatic carbocycles. The fourth-order valence-corrected chi connectivity index (χ4v) is 4.80. The van der Waals surface area contributed by atoms with Crippen LogP contribution in [-0.2, 0) is 22.5 Å². The average molecular weight is 498 g/mol. The van der Waals surface area contributed by atoms with E-state index >= 15 is 0 Å². The van der Waals surface area contributed by atoms with Gasteiger partial charge in [0, 0.05) is 37.8 Å². The van der Waals surface area contributed by atoms with Crippen LogP contribution in [0.5, 0.6) is 0 Å². The summed E-state index contributed by atoms with van der Waals surface area (Å²) >= 11 is 1.38. The van der Waals surface area contributed by atoms with Crippen molar-refractivity contribution in [2.45, 2.75) is 37.5 Å². The van der Waals surface area contributed by atoms with E-state index in [1.54, 1.807) is 12.1 Å². The normalized spacial score (nSPS) is 15.1. The molecule has 1 amide bonds. The molecule has 0 saturated carbocycles. The maximum atomic E-state index is 13.5. The van der Waals surface area contributed by atoms with E-state index in [-0.39, 0.29) is 23.5 Å². The quantitative estimate of drug-likeness (QED) is 0.408. The molecule has 1 saturated heterocycles.